The molecule has 0 aliphatic carbocycles. The molecule has 24 heavy (non-hydrogen) atoms. The summed E-state index contributed by atoms with van der Waals surface area (Å²) in [5.41, 5.74) is 1.03. The van der Waals surface area contributed by atoms with E-state index in [-0.39, 0.29) is 17.6 Å². The molecule has 1 atom stereocenters. The predicted molar refractivity (Wildman–Crippen MR) is 89.8 cm³/mol. The number of piperazine rings is 1. The lowest BCUT2D eigenvalue weighted by atomic mass is 10.1. The highest BCUT2D eigenvalue weighted by Crippen LogP contribution is 2.23. The average Bonchev–Trinajstić information content (AvgIpc) is 2.61. The molecular weight excluding hydrogens is 309 g/mol. The minimum Gasteiger partial charge on any atom is -0.477 e. The molecule has 0 amide bonds. The van der Waals surface area contributed by atoms with Gasteiger partial charge in [-0.15, -0.1) is 0 Å². The van der Waals surface area contributed by atoms with Crippen LogP contribution >= 0.6 is 0 Å². The van der Waals surface area contributed by atoms with Gasteiger partial charge in [0.25, 0.3) is 0 Å². The van der Waals surface area contributed by atoms with Crippen LogP contribution in [0, 0.1) is 5.82 Å². The van der Waals surface area contributed by atoms with E-state index in [1.54, 1.807) is 18.2 Å². The standard InChI is InChI=1S/C18H20FN3O2/c1-13(14-4-2-5-15(19)12-14)21-8-10-22(11-9-21)17-7-3-6-16(20-17)18(23)24/h2-7,12-13H,8-11H2,1H3,(H,23,24). The maximum Gasteiger partial charge on any atom is 0.354 e. The van der Waals surface area contributed by atoms with Gasteiger partial charge in [0.05, 0.1) is 0 Å². The zero-order chi connectivity index (χ0) is 17.1. The van der Waals surface area contributed by atoms with E-state index >= 15 is 0 Å². The van der Waals surface area contributed by atoms with Crippen molar-refractivity contribution in [3.8, 4) is 0 Å². The highest BCUT2D eigenvalue weighted by Gasteiger charge is 2.23. The molecule has 1 saturated heterocycles. The first kappa shape index (κ1) is 16.4. The number of carboxylic acids is 1. The zero-order valence-corrected chi connectivity index (χ0v) is 13.5. The first-order chi connectivity index (χ1) is 11.5. The van der Waals surface area contributed by atoms with Gasteiger partial charge in [0, 0.05) is 32.2 Å². The van der Waals surface area contributed by atoms with Crippen LogP contribution in [-0.4, -0.2) is 47.1 Å². The van der Waals surface area contributed by atoms with Crippen molar-refractivity contribution in [2.24, 2.45) is 0 Å². The summed E-state index contributed by atoms with van der Waals surface area (Å²) in [5.74, 6) is -0.546. The smallest absolute Gasteiger partial charge is 0.354 e. The fourth-order valence-electron chi connectivity index (χ4n) is 3.03. The van der Waals surface area contributed by atoms with Gasteiger partial charge in [0.1, 0.15) is 11.6 Å². The van der Waals surface area contributed by atoms with Crippen LogP contribution in [0.25, 0.3) is 0 Å². The number of nitrogens with zero attached hydrogens (tertiary/aromatic N) is 3. The number of halogens is 1. The monoisotopic (exact) mass is 329 g/mol. The summed E-state index contributed by atoms with van der Waals surface area (Å²) in [5, 5.41) is 9.05. The molecule has 1 unspecified atom stereocenters. The number of hydrogen-bond acceptors (Lipinski definition) is 4. The summed E-state index contributed by atoms with van der Waals surface area (Å²) in [6.07, 6.45) is 0. The van der Waals surface area contributed by atoms with E-state index in [9.17, 15) is 9.18 Å². The summed E-state index contributed by atoms with van der Waals surface area (Å²) in [7, 11) is 0. The van der Waals surface area contributed by atoms with Gasteiger partial charge in [0.2, 0.25) is 0 Å². The molecule has 0 radical (unpaired) electrons. The Morgan fingerprint density at radius 2 is 1.88 bits per heavy atom. The lowest BCUT2D eigenvalue weighted by Gasteiger charge is -2.38. The number of aromatic nitrogens is 1. The van der Waals surface area contributed by atoms with Crippen LogP contribution in [0.4, 0.5) is 10.2 Å². The number of aromatic carboxylic acids is 1. The Labute approximate surface area is 140 Å². The van der Waals surface area contributed by atoms with Crippen LogP contribution < -0.4 is 4.90 Å². The maximum absolute atomic E-state index is 13.4. The number of carbonyl (C=O) groups is 1. The fraction of sp³-hybridized carbons (Fsp3) is 0.333. The number of rotatable bonds is 4. The van der Waals surface area contributed by atoms with Crippen molar-refractivity contribution >= 4 is 11.8 Å². The van der Waals surface area contributed by atoms with Gasteiger partial charge in [-0.1, -0.05) is 18.2 Å². The largest absolute Gasteiger partial charge is 0.477 e. The molecule has 6 heteroatoms. The van der Waals surface area contributed by atoms with Gasteiger partial charge in [-0.25, -0.2) is 14.2 Å². The molecular formula is C18H20FN3O2. The maximum atomic E-state index is 13.4. The molecule has 126 valence electrons. The summed E-state index contributed by atoms with van der Waals surface area (Å²) in [6.45, 7) is 5.23. The van der Waals surface area contributed by atoms with Gasteiger partial charge >= 0.3 is 5.97 Å². The fourth-order valence-corrected chi connectivity index (χ4v) is 3.03. The summed E-state index contributed by atoms with van der Waals surface area (Å²) in [6, 6.07) is 11.9. The van der Waals surface area contributed by atoms with Crippen LogP contribution in [0.3, 0.4) is 0 Å². The lowest BCUT2D eigenvalue weighted by Crippen LogP contribution is -2.47. The van der Waals surface area contributed by atoms with Gasteiger partial charge in [-0.2, -0.15) is 0 Å². The Balaban J connectivity index is 1.65. The van der Waals surface area contributed by atoms with E-state index in [1.165, 1.54) is 12.1 Å². The molecule has 1 fully saturated rings. The molecule has 5 nitrogen and oxygen atoms in total. The van der Waals surface area contributed by atoms with Gasteiger partial charge in [-0.05, 0) is 36.8 Å². The van der Waals surface area contributed by atoms with Crippen LogP contribution in [-0.2, 0) is 0 Å². The Morgan fingerprint density at radius 1 is 1.17 bits per heavy atom. The Bertz CT molecular complexity index is 730. The molecule has 1 aliphatic heterocycles. The highest BCUT2D eigenvalue weighted by molar-refractivity contribution is 5.85. The molecule has 2 aromatic rings. The van der Waals surface area contributed by atoms with Crippen molar-refractivity contribution in [1.82, 2.24) is 9.88 Å². The molecule has 0 saturated carbocycles. The Hall–Kier alpha value is -2.47. The predicted octanol–water partition coefficient (Wildman–Crippen LogP) is 2.80. The van der Waals surface area contributed by atoms with E-state index in [4.69, 9.17) is 5.11 Å². The van der Waals surface area contributed by atoms with Gasteiger partial charge in [-0.3, -0.25) is 4.90 Å². The number of hydrogen-bond donors (Lipinski definition) is 1. The van der Waals surface area contributed by atoms with Crippen molar-refractivity contribution in [2.75, 3.05) is 31.1 Å². The molecule has 2 heterocycles. The van der Waals surface area contributed by atoms with Crippen molar-refractivity contribution in [3.63, 3.8) is 0 Å². The number of anilines is 1. The van der Waals surface area contributed by atoms with Crippen LogP contribution in [0.15, 0.2) is 42.5 Å². The van der Waals surface area contributed by atoms with Gasteiger partial charge in [0.15, 0.2) is 5.69 Å². The van der Waals surface area contributed by atoms with E-state index in [0.29, 0.717) is 5.82 Å². The Morgan fingerprint density at radius 3 is 2.54 bits per heavy atom. The second-order valence-corrected chi connectivity index (χ2v) is 5.94. The summed E-state index contributed by atoms with van der Waals surface area (Å²) >= 11 is 0. The van der Waals surface area contributed by atoms with E-state index in [0.717, 1.165) is 31.7 Å². The minimum atomic E-state index is -1.02. The zero-order valence-electron chi connectivity index (χ0n) is 13.5. The Kier molecular flexibility index (Phi) is 4.76. The quantitative estimate of drug-likeness (QED) is 0.935. The normalized spacial score (nSPS) is 16.8. The molecule has 3 rings (SSSR count). The van der Waals surface area contributed by atoms with Crippen molar-refractivity contribution in [3.05, 3.63) is 59.5 Å². The first-order valence-corrected chi connectivity index (χ1v) is 7.99. The SMILES string of the molecule is CC(c1cccc(F)c1)N1CCN(c2cccc(C(=O)O)n2)CC1. The second kappa shape index (κ2) is 6.97. The van der Waals surface area contributed by atoms with Crippen LogP contribution in [0.1, 0.15) is 29.0 Å². The minimum absolute atomic E-state index is 0.0584. The van der Waals surface area contributed by atoms with Crippen LogP contribution in [0.5, 0.6) is 0 Å². The topological polar surface area (TPSA) is 56.7 Å². The van der Waals surface area contributed by atoms with Crippen LogP contribution in [0.2, 0.25) is 0 Å². The second-order valence-electron chi connectivity index (χ2n) is 5.94. The average molecular weight is 329 g/mol. The third-order valence-corrected chi connectivity index (χ3v) is 4.47. The number of carboxylic acid groups (broad SMARTS) is 1. The van der Waals surface area contributed by atoms with E-state index in [2.05, 4.69) is 21.7 Å². The van der Waals surface area contributed by atoms with E-state index < -0.39 is 5.97 Å². The third-order valence-electron chi connectivity index (χ3n) is 4.47. The molecule has 1 aliphatic rings. The summed E-state index contributed by atoms with van der Waals surface area (Å²) in [4.78, 5) is 19.6. The number of benzene rings is 1. The number of pyridine rings is 1. The van der Waals surface area contributed by atoms with Crippen molar-refractivity contribution in [1.29, 1.82) is 0 Å². The summed E-state index contributed by atoms with van der Waals surface area (Å²) < 4.78 is 13.4. The third kappa shape index (κ3) is 3.54. The lowest BCUT2D eigenvalue weighted by molar-refractivity contribution is 0.0690. The molecule has 0 spiro atoms. The van der Waals surface area contributed by atoms with E-state index in [1.807, 2.05) is 12.1 Å². The molecule has 1 aromatic heterocycles. The molecule has 0 bridgehead atoms. The van der Waals surface area contributed by atoms with Crippen molar-refractivity contribution in [2.45, 2.75) is 13.0 Å². The van der Waals surface area contributed by atoms with Crippen molar-refractivity contribution < 1.29 is 14.3 Å². The van der Waals surface area contributed by atoms with Gasteiger partial charge < -0.3 is 10.0 Å². The first-order valence-electron chi connectivity index (χ1n) is 7.99. The highest BCUT2D eigenvalue weighted by atomic mass is 19.1. The molecule has 1 N–H and O–H groups in total. The molecule has 1 aromatic carbocycles.